The Morgan fingerprint density at radius 3 is 2.32 bits per heavy atom. The van der Waals surface area contributed by atoms with E-state index in [1.807, 2.05) is 37.3 Å². The molecular weight excluding hydrogens is 437 g/mol. The van der Waals surface area contributed by atoms with Crippen LogP contribution in [0.1, 0.15) is 56.2 Å². The van der Waals surface area contributed by atoms with Crippen LogP contribution in [-0.4, -0.2) is 33.7 Å². The Hall–Kier alpha value is -2.37. The quantitative estimate of drug-likeness (QED) is 0.589. The van der Waals surface area contributed by atoms with Crippen molar-refractivity contribution in [1.82, 2.24) is 4.90 Å². The second kappa shape index (κ2) is 9.84. The number of ketones is 1. The number of hydrogen-bond donors (Lipinski definition) is 1. The fourth-order valence-corrected chi connectivity index (χ4v) is 4.92. The molecule has 0 saturated carbocycles. The molecule has 2 aromatic rings. The molecule has 1 heterocycles. The molecule has 1 aliphatic rings. The largest absolute Gasteiger partial charge is 0.481 e. The summed E-state index contributed by atoms with van der Waals surface area (Å²) in [5.74, 6) is -2.42. The lowest BCUT2D eigenvalue weighted by molar-refractivity contribution is -0.154. The van der Waals surface area contributed by atoms with Crippen molar-refractivity contribution in [1.29, 1.82) is 0 Å². The summed E-state index contributed by atoms with van der Waals surface area (Å²) in [4.78, 5) is 39.2. The minimum atomic E-state index is -1.04. The summed E-state index contributed by atoms with van der Waals surface area (Å²) in [6, 6.07) is 13.5. The Morgan fingerprint density at radius 2 is 1.77 bits per heavy atom. The van der Waals surface area contributed by atoms with Gasteiger partial charge in [-0.25, -0.2) is 0 Å². The van der Waals surface area contributed by atoms with Gasteiger partial charge in [-0.1, -0.05) is 54.4 Å². The first kappa shape index (κ1) is 23.3. The predicted octanol–water partition coefficient (Wildman–Crippen LogP) is 5.51. The SMILES string of the molecule is CC[C@@H](C(C)=O)N1C(=O)[C@@H](CC(=O)O)C[C@H](c2cccc(Cl)c2)C1c1ccc(Cl)cc1. The minimum absolute atomic E-state index is 0.129. The van der Waals surface area contributed by atoms with Gasteiger partial charge in [-0.2, -0.15) is 0 Å². The molecule has 0 radical (unpaired) electrons. The summed E-state index contributed by atoms with van der Waals surface area (Å²) in [6.07, 6.45) is 0.505. The minimum Gasteiger partial charge on any atom is -0.481 e. The number of piperidine rings is 1. The Morgan fingerprint density at radius 1 is 1.10 bits per heavy atom. The maximum Gasteiger partial charge on any atom is 0.304 e. The fraction of sp³-hybridized carbons (Fsp3) is 0.375. The van der Waals surface area contributed by atoms with Gasteiger partial charge in [0.1, 0.15) is 0 Å². The van der Waals surface area contributed by atoms with E-state index in [0.29, 0.717) is 22.9 Å². The maximum atomic E-state index is 13.5. The number of carboxylic acid groups (broad SMARTS) is 1. The van der Waals surface area contributed by atoms with Crippen LogP contribution < -0.4 is 0 Å². The molecule has 1 saturated heterocycles. The van der Waals surface area contributed by atoms with Crippen molar-refractivity contribution < 1.29 is 19.5 Å². The summed E-state index contributed by atoms with van der Waals surface area (Å²) in [5, 5.41) is 10.5. The van der Waals surface area contributed by atoms with Gasteiger partial charge in [0.05, 0.1) is 18.5 Å². The molecule has 1 fully saturated rings. The van der Waals surface area contributed by atoms with Crippen LogP contribution in [0.4, 0.5) is 0 Å². The van der Waals surface area contributed by atoms with Crippen LogP contribution in [0.3, 0.4) is 0 Å². The standard InChI is InChI=1S/C24H25Cl2NO4/c1-3-21(14(2)28)27-23(15-7-9-18(25)10-8-15)20(16-5-4-6-19(26)11-16)12-17(24(27)31)13-22(29)30/h4-11,17,20-21,23H,3,12-13H2,1-2H3,(H,29,30)/t17-,20-,21+,23?/m1/s1. The molecule has 31 heavy (non-hydrogen) atoms. The third kappa shape index (κ3) is 5.10. The Labute approximate surface area is 192 Å². The number of halogens is 2. The van der Waals surface area contributed by atoms with Crippen LogP contribution >= 0.6 is 23.2 Å². The van der Waals surface area contributed by atoms with Crippen LogP contribution in [0, 0.1) is 5.92 Å². The summed E-state index contributed by atoms with van der Waals surface area (Å²) in [6.45, 7) is 3.32. The van der Waals surface area contributed by atoms with Gasteiger partial charge in [0.15, 0.2) is 5.78 Å². The molecule has 0 bridgehead atoms. The smallest absolute Gasteiger partial charge is 0.304 e. The molecule has 1 aliphatic heterocycles. The zero-order valence-electron chi connectivity index (χ0n) is 17.4. The number of carboxylic acids is 1. The average Bonchev–Trinajstić information content (AvgIpc) is 2.71. The molecule has 0 spiro atoms. The molecule has 1 amide bonds. The molecule has 2 aromatic carbocycles. The number of rotatable bonds is 7. The molecule has 0 aliphatic carbocycles. The number of likely N-dealkylation sites (tertiary alicyclic amines) is 1. The van der Waals surface area contributed by atoms with Gasteiger partial charge in [0, 0.05) is 21.9 Å². The number of carbonyl (C=O) groups excluding carboxylic acids is 2. The van der Waals surface area contributed by atoms with E-state index in [1.165, 1.54) is 6.92 Å². The van der Waals surface area contributed by atoms with Gasteiger partial charge in [0.25, 0.3) is 0 Å². The fourth-order valence-electron chi connectivity index (χ4n) is 4.60. The van der Waals surface area contributed by atoms with Crippen molar-refractivity contribution >= 4 is 40.9 Å². The molecule has 1 N–H and O–H groups in total. The van der Waals surface area contributed by atoms with Crippen molar-refractivity contribution in [2.45, 2.75) is 51.1 Å². The van der Waals surface area contributed by atoms with Gasteiger partial charge in [-0.3, -0.25) is 14.4 Å². The topological polar surface area (TPSA) is 74.7 Å². The lowest BCUT2D eigenvalue weighted by atomic mass is 9.74. The van der Waals surface area contributed by atoms with Gasteiger partial charge < -0.3 is 10.0 Å². The van der Waals surface area contributed by atoms with Gasteiger partial charge in [0.2, 0.25) is 5.91 Å². The van der Waals surface area contributed by atoms with E-state index in [4.69, 9.17) is 23.2 Å². The lowest BCUT2D eigenvalue weighted by Gasteiger charge is -2.47. The first-order valence-electron chi connectivity index (χ1n) is 10.3. The predicted molar refractivity (Wildman–Crippen MR) is 120 cm³/mol. The van der Waals surface area contributed by atoms with Crippen molar-refractivity contribution in [3.8, 4) is 0 Å². The van der Waals surface area contributed by atoms with Crippen LogP contribution in [0.2, 0.25) is 10.0 Å². The van der Waals surface area contributed by atoms with Crippen LogP contribution in [0.5, 0.6) is 0 Å². The molecule has 0 aromatic heterocycles. The van der Waals surface area contributed by atoms with Crippen molar-refractivity contribution in [2.24, 2.45) is 5.92 Å². The van der Waals surface area contributed by atoms with Crippen molar-refractivity contribution in [3.05, 3.63) is 69.7 Å². The van der Waals surface area contributed by atoms with E-state index >= 15 is 0 Å². The summed E-state index contributed by atoms with van der Waals surface area (Å²) < 4.78 is 0. The third-order valence-electron chi connectivity index (χ3n) is 5.92. The number of aliphatic carboxylic acids is 1. The molecule has 4 atom stereocenters. The monoisotopic (exact) mass is 461 g/mol. The number of nitrogens with zero attached hydrogens (tertiary/aromatic N) is 1. The maximum absolute atomic E-state index is 13.5. The van der Waals surface area contributed by atoms with E-state index < -0.39 is 24.0 Å². The Bertz CT molecular complexity index is 976. The van der Waals surface area contributed by atoms with E-state index in [-0.39, 0.29) is 24.0 Å². The van der Waals surface area contributed by atoms with Gasteiger partial charge >= 0.3 is 5.97 Å². The van der Waals surface area contributed by atoms with E-state index in [2.05, 4.69) is 0 Å². The Kier molecular flexibility index (Phi) is 7.39. The number of carbonyl (C=O) groups is 3. The van der Waals surface area contributed by atoms with Crippen molar-refractivity contribution in [3.63, 3.8) is 0 Å². The summed E-state index contributed by atoms with van der Waals surface area (Å²) in [5.41, 5.74) is 1.75. The molecule has 3 rings (SSSR count). The molecule has 5 nitrogen and oxygen atoms in total. The highest BCUT2D eigenvalue weighted by Gasteiger charge is 2.46. The first-order chi connectivity index (χ1) is 14.7. The second-order valence-corrected chi connectivity index (χ2v) is 8.84. The highest BCUT2D eigenvalue weighted by molar-refractivity contribution is 6.30. The molecular formula is C24H25Cl2NO4. The Balaban J connectivity index is 2.20. The van der Waals surface area contributed by atoms with E-state index in [0.717, 1.165) is 11.1 Å². The third-order valence-corrected chi connectivity index (χ3v) is 6.41. The second-order valence-electron chi connectivity index (χ2n) is 7.97. The number of amides is 1. The zero-order valence-corrected chi connectivity index (χ0v) is 18.9. The van der Waals surface area contributed by atoms with Crippen LogP contribution in [0.25, 0.3) is 0 Å². The summed E-state index contributed by atoms with van der Waals surface area (Å²) >= 11 is 12.4. The average molecular weight is 462 g/mol. The highest BCUT2D eigenvalue weighted by atomic mass is 35.5. The number of Topliss-reactive ketones (excluding diaryl/α,β-unsaturated/α-hetero) is 1. The highest BCUT2D eigenvalue weighted by Crippen LogP contribution is 2.47. The van der Waals surface area contributed by atoms with Gasteiger partial charge in [-0.15, -0.1) is 0 Å². The zero-order chi connectivity index (χ0) is 22.7. The summed E-state index contributed by atoms with van der Waals surface area (Å²) in [7, 11) is 0. The van der Waals surface area contributed by atoms with E-state index in [9.17, 15) is 19.5 Å². The molecule has 1 unspecified atom stereocenters. The first-order valence-corrected chi connectivity index (χ1v) is 11.0. The molecule has 7 heteroatoms. The number of hydrogen-bond acceptors (Lipinski definition) is 3. The molecule has 164 valence electrons. The van der Waals surface area contributed by atoms with Crippen LogP contribution in [0.15, 0.2) is 48.5 Å². The van der Waals surface area contributed by atoms with Gasteiger partial charge in [-0.05, 0) is 55.2 Å². The van der Waals surface area contributed by atoms with Crippen molar-refractivity contribution in [2.75, 3.05) is 0 Å². The van der Waals surface area contributed by atoms with Crippen LogP contribution in [-0.2, 0) is 14.4 Å². The lowest BCUT2D eigenvalue weighted by Crippen LogP contribution is -2.54. The van der Waals surface area contributed by atoms with E-state index in [1.54, 1.807) is 23.1 Å². The number of benzene rings is 2. The normalized spacial score (nSPS) is 22.3.